The Bertz CT molecular complexity index is 1160. The molecule has 2 aromatic heterocycles. The molecule has 1 amide bonds. The van der Waals surface area contributed by atoms with Crippen LogP contribution in [0.15, 0.2) is 40.7 Å². The lowest BCUT2D eigenvalue weighted by molar-refractivity contribution is 0.107. The number of ether oxygens (including phenoxy) is 3. The second kappa shape index (κ2) is 14.1. The van der Waals surface area contributed by atoms with Gasteiger partial charge < -0.3 is 24.4 Å². The number of nitrogens with zero attached hydrogens (tertiary/aromatic N) is 4. The van der Waals surface area contributed by atoms with Crippen LogP contribution in [0, 0.1) is 0 Å². The van der Waals surface area contributed by atoms with Gasteiger partial charge in [0.25, 0.3) is 0 Å². The Hall–Kier alpha value is -2.93. The van der Waals surface area contributed by atoms with Crippen LogP contribution in [0.4, 0.5) is 22.0 Å². The molecule has 1 aliphatic heterocycles. The van der Waals surface area contributed by atoms with Crippen LogP contribution < -0.4 is 15.5 Å². The summed E-state index contributed by atoms with van der Waals surface area (Å²) in [4.78, 5) is 19.1. The van der Waals surface area contributed by atoms with E-state index >= 15 is 0 Å². The van der Waals surface area contributed by atoms with E-state index in [0.717, 1.165) is 51.6 Å². The van der Waals surface area contributed by atoms with Gasteiger partial charge in [0.2, 0.25) is 0 Å². The van der Waals surface area contributed by atoms with Crippen LogP contribution >= 0.6 is 23.1 Å². The number of thioether (sulfide) groups is 1. The SMILES string of the molecule is CCc1nnc(SCc2cc(N3CCOCC3)cc(NCc3cccc(NC(=O)OCCOC)c3)n2)s1. The van der Waals surface area contributed by atoms with Crippen molar-refractivity contribution in [2.75, 3.05) is 62.2 Å². The predicted molar refractivity (Wildman–Crippen MR) is 147 cm³/mol. The molecule has 12 heteroatoms. The number of rotatable bonds is 12. The molecule has 0 atom stereocenters. The topological polar surface area (TPSA) is 111 Å². The summed E-state index contributed by atoms with van der Waals surface area (Å²) in [6, 6.07) is 11.9. The van der Waals surface area contributed by atoms with Gasteiger partial charge in [0.05, 0.1) is 25.5 Å². The Kier molecular flexibility index (Phi) is 10.4. The number of carbonyl (C=O) groups is 1. The van der Waals surface area contributed by atoms with Crippen molar-refractivity contribution in [2.24, 2.45) is 0 Å². The Morgan fingerprint density at radius 2 is 2.05 bits per heavy atom. The minimum Gasteiger partial charge on any atom is -0.447 e. The predicted octanol–water partition coefficient (Wildman–Crippen LogP) is 4.43. The van der Waals surface area contributed by atoms with Gasteiger partial charge in [0.15, 0.2) is 4.34 Å². The van der Waals surface area contributed by atoms with E-state index in [9.17, 15) is 4.79 Å². The molecule has 3 aromatic rings. The van der Waals surface area contributed by atoms with Gasteiger partial charge >= 0.3 is 6.09 Å². The van der Waals surface area contributed by atoms with E-state index in [0.29, 0.717) is 37.8 Å². The minimum atomic E-state index is -0.509. The lowest BCUT2D eigenvalue weighted by Gasteiger charge is -2.29. The third kappa shape index (κ3) is 8.56. The molecule has 0 radical (unpaired) electrons. The smallest absolute Gasteiger partial charge is 0.411 e. The molecule has 0 unspecified atom stereocenters. The van der Waals surface area contributed by atoms with Crippen molar-refractivity contribution in [1.82, 2.24) is 15.2 Å². The van der Waals surface area contributed by atoms with Gasteiger partial charge in [-0.15, -0.1) is 10.2 Å². The summed E-state index contributed by atoms with van der Waals surface area (Å²) in [6.45, 7) is 6.32. The molecule has 1 aliphatic rings. The Labute approximate surface area is 225 Å². The fourth-order valence-corrected chi connectivity index (χ4v) is 5.37. The van der Waals surface area contributed by atoms with E-state index in [-0.39, 0.29) is 6.61 Å². The fraction of sp³-hybridized carbons (Fsp3) is 0.440. The largest absolute Gasteiger partial charge is 0.447 e. The lowest BCUT2D eigenvalue weighted by atomic mass is 10.2. The van der Waals surface area contributed by atoms with E-state index in [2.05, 4.69) is 44.8 Å². The van der Waals surface area contributed by atoms with Crippen molar-refractivity contribution >= 4 is 46.4 Å². The number of hydrogen-bond donors (Lipinski definition) is 2. The number of aromatic nitrogens is 3. The number of hydrogen-bond acceptors (Lipinski definition) is 11. The standard InChI is InChI=1S/C25H32N6O4S2/c1-3-23-29-30-25(37-23)36-17-20-14-21(31-7-9-34-10-8-31)15-22(27-20)26-16-18-5-4-6-19(13-18)28-24(32)35-12-11-33-2/h4-6,13-15H,3,7-12,16-17H2,1-2H3,(H,26,27)(H,28,32). The van der Waals surface area contributed by atoms with E-state index < -0.39 is 6.09 Å². The summed E-state index contributed by atoms with van der Waals surface area (Å²) in [7, 11) is 1.56. The first kappa shape index (κ1) is 27.1. The molecule has 1 saturated heterocycles. The highest BCUT2D eigenvalue weighted by molar-refractivity contribution is 8.00. The normalized spacial score (nSPS) is 13.4. The van der Waals surface area contributed by atoms with Crippen LogP contribution in [0.1, 0.15) is 23.2 Å². The summed E-state index contributed by atoms with van der Waals surface area (Å²) in [6.07, 6.45) is 0.383. The number of aryl methyl sites for hydroxylation is 1. The third-order valence-corrected chi connectivity index (χ3v) is 7.74. The molecule has 1 aromatic carbocycles. The van der Waals surface area contributed by atoms with Crippen molar-refractivity contribution in [3.05, 3.63) is 52.7 Å². The van der Waals surface area contributed by atoms with Gasteiger partial charge in [-0.1, -0.05) is 42.2 Å². The number of benzene rings is 1. The average molecular weight is 545 g/mol. The molecule has 10 nitrogen and oxygen atoms in total. The maximum absolute atomic E-state index is 11.9. The second-order valence-electron chi connectivity index (χ2n) is 8.21. The van der Waals surface area contributed by atoms with Gasteiger partial charge in [-0.05, 0) is 30.2 Å². The zero-order valence-corrected chi connectivity index (χ0v) is 22.7. The molecule has 0 bridgehead atoms. The van der Waals surface area contributed by atoms with Crippen molar-refractivity contribution in [2.45, 2.75) is 30.0 Å². The van der Waals surface area contributed by atoms with Crippen LogP contribution in [0.2, 0.25) is 0 Å². The number of methoxy groups -OCH3 is 1. The molecule has 0 spiro atoms. The van der Waals surface area contributed by atoms with Gasteiger partial charge in [-0.3, -0.25) is 5.32 Å². The van der Waals surface area contributed by atoms with Gasteiger partial charge in [-0.25, -0.2) is 9.78 Å². The highest BCUT2D eigenvalue weighted by atomic mass is 32.2. The quantitative estimate of drug-likeness (QED) is 0.251. The summed E-state index contributed by atoms with van der Waals surface area (Å²) >= 11 is 3.29. The summed E-state index contributed by atoms with van der Waals surface area (Å²) in [5.74, 6) is 1.50. The van der Waals surface area contributed by atoms with Crippen molar-refractivity contribution in [3.63, 3.8) is 0 Å². The monoisotopic (exact) mass is 544 g/mol. The first-order valence-electron chi connectivity index (χ1n) is 12.2. The lowest BCUT2D eigenvalue weighted by Crippen LogP contribution is -2.36. The zero-order valence-electron chi connectivity index (χ0n) is 21.1. The second-order valence-corrected chi connectivity index (χ2v) is 10.5. The number of pyridine rings is 1. The van der Waals surface area contributed by atoms with E-state index in [4.69, 9.17) is 19.2 Å². The van der Waals surface area contributed by atoms with E-state index in [1.807, 2.05) is 24.3 Å². The Morgan fingerprint density at radius 3 is 2.84 bits per heavy atom. The molecule has 1 fully saturated rings. The molecular formula is C25H32N6O4S2. The maximum Gasteiger partial charge on any atom is 0.411 e. The van der Waals surface area contributed by atoms with Crippen LogP contribution in [-0.4, -0.2) is 67.9 Å². The van der Waals surface area contributed by atoms with Crippen molar-refractivity contribution in [3.8, 4) is 0 Å². The van der Waals surface area contributed by atoms with E-state index in [1.54, 1.807) is 30.2 Å². The molecule has 4 rings (SSSR count). The average Bonchev–Trinajstić information content (AvgIpc) is 3.40. The molecule has 0 aliphatic carbocycles. The number of anilines is 3. The minimum absolute atomic E-state index is 0.203. The van der Waals surface area contributed by atoms with Gasteiger partial charge in [0, 0.05) is 49.9 Å². The summed E-state index contributed by atoms with van der Waals surface area (Å²) in [5.41, 5.74) is 3.76. The van der Waals surface area contributed by atoms with Crippen LogP contribution in [0.25, 0.3) is 0 Å². The number of nitrogens with one attached hydrogen (secondary N) is 2. The molecule has 3 heterocycles. The van der Waals surface area contributed by atoms with Crippen LogP contribution in [0.5, 0.6) is 0 Å². The molecule has 0 saturated carbocycles. The molecule has 198 valence electrons. The number of morpholine rings is 1. The maximum atomic E-state index is 11.9. The van der Waals surface area contributed by atoms with Crippen molar-refractivity contribution < 1.29 is 19.0 Å². The van der Waals surface area contributed by atoms with Gasteiger partial charge in [-0.2, -0.15) is 0 Å². The third-order valence-electron chi connectivity index (χ3n) is 5.50. The first-order chi connectivity index (χ1) is 18.1. The van der Waals surface area contributed by atoms with Crippen molar-refractivity contribution in [1.29, 1.82) is 0 Å². The zero-order chi connectivity index (χ0) is 25.9. The van der Waals surface area contributed by atoms with Crippen LogP contribution in [0.3, 0.4) is 0 Å². The fourth-order valence-electron chi connectivity index (χ4n) is 3.64. The van der Waals surface area contributed by atoms with Gasteiger partial charge in [0.1, 0.15) is 17.4 Å². The first-order valence-corrected chi connectivity index (χ1v) is 14.0. The Morgan fingerprint density at radius 1 is 1.19 bits per heavy atom. The van der Waals surface area contributed by atoms with E-state index in [1.165, 1.54) is 0 Å². The molecule has 2 N–H and O–H groups in total. The highest BCUT2D eigenvalue weighted by Crippen LogP contribution is 2.29. The number of carbonyl (C=O) groups excluding carboxylic acids is 1. The molecule has 37 heavy (non-hydrogen) atoms. The highest BCUT2D eigenvalue weighted by Gasteiger charge is 2.15. The summed E-state index contributed by atoms with van der Waals surface area (Å²) in [5, 5.41) is 15.7. The number of amides is 1. The summed E-state index contributed by atoms with van der Waals surface area (Å²) < 4.78 is 16.5. The molecular weight excluding hydrogens is 512 g/mol. The Balaban J connectivity index is 1.42. The van der Waals surface area contributed by atoms with Crippen LogP contribution in [-0.2, 0) is 32.9 Å².